The van der Waals surface area contributed by atoms with Crippen LogP contribution in [-0.2, 0) is 35.7 Å². The molecule has 0 unspecified atom stereocenters. The molecule has 0 N–H and O–H groups in total. The van der Waals surface area contributed by atoms with Crippen molar-refractivity contribution in [1.82, 2.24) is 0 Å². The van der Waals surface area contributed by atoms with E-state index in [1.807, 2.05) is 0 Å². The van der Waals surface area contributed by atoms with Gasteiger partial charge in [-0.05, 0) is 6.42 Å². The Hall–Kier alpha value is 0.803. The fraction of sp³-hybridized carbons (Fsp3) is 0.833. The Morgan fingerprint density at radius 1 is 1.20 bits per heavy atom. The predicted molar refractivity (Wildman–Crippen MR) is 57.7 cm³/mol. The molecule has 0 aromatic rings. The molecule has 3 heteroatoms. The normalized spacial score (nSPS) is 28.8. The van der Waals surface area contributed by atoms with Gasteiger partial charge in [-0.25, -0.2) is 0 Å². The van der Waals surface area contributed by atoms with Crippen molar-refractivity contribution < 1.29 is 35.7 Å². The molecule has 0 spiro atoms. The number of ether oxygens (including phenoxy) is 2. The Balaban J connectivity index is 0.00000196. The van der Waals surface area contributed by atoms with Crippen molar-refractivity contribution in [3.63, 3.8) is 0 Å². The summed E-state index contributed by atoms with van der Waals surface area (Å²) < 4.78 is 10.6. The molecule has 2 atom stereocenters. The van der Waals surface area contributed by atoms with Crippen LogP contribution < -0.4 is 0 Å². The molecule has 2 nitrogen and oxygen atoms in total. The number of rotatable bonds is 5. The Bertz CT molecular complexity index is 167. The van der Waals surface area contributed by atoms with E-state index in [0.717, 1.165) is 32.5 Å². The molecule has 1 aliphatic rings. The van der Waals surface area contributed by atoms with E-state index in [-0.39, 0.29) is 31.6 Å². The third kappa shape index (κ3) is 3.94. The summed E-state index contributed by atoms with van der Waals surface area (Å²) in [6.45, 7) is 9.74. The first-order valence-corrected chi connectivity index (χ1v) is 5.27. The second-order valence-corrected chi connectivity index (χ2v) is 4.58. The maximum absolute atomic E-state index is 5.29. The molecule has 1 aliphatic carbocycles. The molecular weight excluding hydrogens is 267 g/mol. The minimum absolute atomic E-state index is 0. The van der Waals surface area contributed by atoms with Gasteiger partial charge in [-0.1, -0.05) is 12.3 Å². The van der Waals surface area contributed by atoms with Gasteiger partial charge in [0.2, 0.25) is 0 Å². The van der Waals surface area contributed by atoms with Gasteiger partial charge in [0.05, 0.1) is 13.2 Å². The molecule has 1 fully saturated rings. The summed E-state index contributed by atoms with van der Waals surface area (Å²) in [4.78, 5) is 0. The molecule has 0 radical (unpaired) electrons. The van der Waals surface area contributed by atoms with Crippen molar-refractivity contribution in [1.29, 1.82) is 0 Å². The van der Waals surface area contributed by atoms with Gasteiger partial charge in [0, 0.05) is 19.6 Å². The third-order valence-corrected chi connectivity index (χ3v) is 3.33. The van der Waals surface area contributed by atoms with Crippen LogP contribution in [0.15, 0.2) is 0 Å². The van der Waals surface area contributed by atoms with E-state index in [9.17, 15) is 0 Å². The van der Waals surface area contributed by atoms with E-state index in [1.165, 1.54) is 0 Å². The van der Waals surface area contributed by atoms with Gasteiger partial charge in [0.25, 0.3) is 0 Å². The van der Waals surface area contributed by atoms with Crippen LogP contribution in [0.25, 0.3) is 0 Å². The smallest absolute Gasteiger partial charge is 0.384 e. The van der Waals surface area contributed by atoms with Crippen LogP contribution in [0.4, 0.5) is 0 Å². The SMILES string of the molecule is [CH2-]C[C@@H]1CC(COC)(COC)C[C@H]1[CH2-].[Zr+2]. The van der Waals surface area contributed by atoms with Crippen LogP contribution in [0.1, 0.15) is 19.3 Å². The first kappa shape index (κ1) is 15.8. The van der Waals surface area contributed by atoms with Gasteiger partial charge in [0.15, 0.2) is 0 Å². The minimum atomic E-state index is 0. The first-order valence-electron chi connectivity index (χ1n) is 5.27. The zero-order valence-corrected chi connectivity index (χ0v) is 12.4. The number of methoxy groups -OCH3 is 2. The second kappa shape index (κ2) is 7.19. The number of hydrogen-bond acceptors (Lipinski definition) is 2. The maximum Gasteiger partial charge on any atom is 2.00 e. The molecule has 1 saturated carbocycles. The molecule has 0 heterocycles. The van der Waals surface area contributed by atoms with Crippen molar-refractivity contribution >= 4 is 0 Å². The quantitative estimate of drug-likeness (QED) is 0.723. The van der Waals surface area contributed by atoms with E-state index in [1.54, 1.807) is 14.2 Å². The molecule has 0 aliphatic heterocycles. The van der Waals surface area contributed by atoms with Crippen LogP contribution in [0.5, 0.6) is 0 Å². The molecular formula is C12H22O2Zr. The van der Waals surface area contributed by atoms with Gasteiger partial charge in [0.1, 0.15) is 0 Å². The van der Waals surface area contributed by atoms with Gasteiger partial charge < -0.3 is 23.3 Å². The van der Waals surface area contributed by atoms with Crippen LogP contribution in [0.3, 0.4) is 0 Å². The zero-order valence-electron chi connectivity index (χ0n) is 9.92. The number of hydrogen-bond donors (Lipinski definition) is 0. The molecule has 0 aromatic carbocycles. The van der Waals surface area contributed by atoms with E-state index in [4.69, 9.17) is 9.47 Å². The summed E-state index contributed by atoms with van der Waals surface area (Å²) in [7, 11) is 3.51. The first-order chi connectivity index (χ1) is 6.67. The molecule has 0 bridgehead atoms. The summed E-state index contributed by atoms with van der Waals surface area (Å²) in [5, 5.41) is 0. The molecule has 0 amide bonds. The summed E-state index contributed by atoms with van der Waals surface area (Å²) in [6.07, 6.45) is 3.23. The molecule has 15 heavy (non-hydrogen) atoms. The average Bonchev–Trinajstić information content (AvgIpc) is 2.44. The van der Waals surface area contributed by atoms with Crippen molar-refractivity contribution in [3.05, 3.63) is 13.8 Å². The topological polar surface area (TPSA) is 18.5 Å². The van der Waals surface area contributed by atoms with Gasteiger partial charge >= 0.3 is 26.2 Å². The van der Waals surface area contributed by atoms with Crippen LogP contribution in [0.2, 0.25) is 0 Å². The van der Waals surface area contributed by atoms with Gasteiger partial charge in [-0.15, -0.1) is 0 Å². The molecule has 86 valence electrons. The fourth-order valence-corrected chi connectivity index (χ4v) is 2.76. The minimum Gasteiger partial charge on any atom is -0.384 e. The molecule has 1 rings (SSSR count). The third-order valence-electron chi connectivity index (χ3n) is 3.33. The van der Waals surface area contributed by atoms with Crippen molar-refractivity contribution in [3.8, 4) is 0 Å². The van der Waals surface area contributed by atoms with Crippen molar-refractivity contribution in [2.75, 3.05) is 27.4 Å². The van der Waals surface area contributed by atoms with E-state index >= 15 is 0 Å². The summed E-state index contributed by atoms with van der Waals surface area (Å²) in [5.74, 6) is 1.15. The summed E-state index contributed by atoms with van der Waals surface area (Å²) in [6, 6.07) is 0. The summed E-state index contributed by atoms with van der Waals surface area (Å²) in [5.41, 5.74) is 0.193. The maximum atomic E-state index is 5.29. The standard InChI is InChI=1S/C12H22O2.Zr/c1-5-11-7-12(8-13-3,9-14-4)6-10(11)2;/h10-11H,1-2,5-9H2,3-4H3;/q-2;+2/t10-,11-;/m1./s1. The van der Waals surface area contributed by atoms with E-state index in [2.05, 4.69) is 13.8 Å². The van der Waals surface area contributed by atoms with Gasteiger partial charge in [-0.2, -0.15) is 12.3 Å². The Labute approximate surface area is 113 Å². The van der Waals surface area contributed by atoms with E-state index in [0.29, 0.717) is 11.8 Å². The van der Waals surface area contributed by atoms with Crippen LogP contribution >= 0.6 is 0 Å². The van der Waals surface area contributed by atoms with E-state index < -0.39 is 0 Å². The fourth-order valence-electron chi connectivity index (χ4n) is 2.76. The zero-order chi connectivity index (χ0) is 10.6. The van der Waals surface area contributed by atoms with Crippen molar-refractivity contribution in [2.45, 2.75) is 19.3 Å². The molecule has 0 saturated heterocycles. The van der Waals surface area contributed by atoms with Crippen molar-refractivity contribution in [2.24, 2.45) is 17.3 Å². The second-order valence-electron chi connectivity index (χ2n) is 4.58. The Kier molecular flexibility index (Phi) is 7.58. The summed E-state index contributed by atoms with van der Waals surface area (Å²) >= 11 is 0. The Morgan fingerprint density at radius 3 is 2.07 bits per heavy atom. The average molecular weight is 290 g/mol. The van der Waals surface area contributed by atoms with Crippen LogP contribution in [0, 0.1) is 31.1 Å². The predicted octanol–water partition coefficient (Wildman–Crippen LogP) is 2.35. The van der Waals surface area contributed by atoms with Crippen LogP contribution in [-0.4, -0.2) is 27.4 Å². The molecule has 0 aromatic heterocycles. The van der Waals surface area contributed by atoms with Gasteiger partial charge in [-0.3, -0.25) is 0 Å². The monoisotopic (exact) mass is 288 g/mol. The Morgan fingerprint density at radius 2 is 1.73 bits per heavy atom. The largest absolute Gasteiger partial charge is 2.00 e.